The summed E-state index contributed by atoms with van der Waals surface area (Å²) in [7, 11) is 0. The topological polar surface area (TPSA) is 38.3 Å². The van der Waals surface area contributed by atoms with Crippen LogP contribution in [0.2, 0.25) is 0 Å². The van der Waals surface area contributed by atoms with E-state index in [1.165, 1.54) is 19.3 Å². The standard InChI is InChI=1S/C15H31NO2/c1-7-12(3)10-9-11-13(8-2)16-14(17)18-15(4,5)6/h12-13H,7-11H2,1-6H3,(H,16,17). The van der Waals surface area contributed by atoms with Gasteiger partial charge in [-0.2, -0.15) is 0 Å². The second-order valence-corrected chi connectivity index (χ2v) is 6.20. The van der Waals surface area contributed by atoms with E-state index < -0.39 is 5.60 Å². The molecule has 1 N–H and O–H groups in total. The van der Waals surface area contributed by atoms with Crippen LogP contribution >= 0.6 is 0 Å². The number of carbonyl (C=O) groups is 1. The average Bonchev–Trinajstić information content (AvgIpc) is 2.24. The maximum Gasteiger partial charge on any atom is 0.407 e. The Labute approximate surface area is 113 Å². The van der Waals surface area contributed by atoms with Crippen LogP contribution in [0.4, 0.5) is 4.79 Å². The monoisotopic (exact) mass is 257 g/mol. The van der Waals surface area contributed by atoms with Crippen molar-refractivity contribution >= 4 is 6.09 Å². The third kappa shape index (κ3) is 9.32. The van der Waals surface area contributed by atoms with E-state index in [0.717, 1.165) is 18.8 Å². The quantitative estimate of drug-likeness (QED) is 0.729. The van der Waals surface area contributed by atoms with Crippen molar-refractivity contribution in [3.63, 3.8) is 0 Å². The molecular weight excluding hydrogens is 226 g/mol. The molecule has 0 spiro atoms. The average molecular weight is 257 g/mol. The predicted molar refractivity (Wildman–Crippen MR) is 76.8 cm³/mol. The van der Waals surface area contributed by atoms with Crippen molar-refractivity contribution in [1.29, 1.82) is 0 Å². The Morgan fingerprint density at radius 1 is 1.17 bits per heavy atom. The maximum absolute atomic E-state index is 11.6. The Morgan fingerprint density at radius 2 is 1.78 bits per heavy atom. The molecule has 0 saturated carbocycles. The molecule has 0 aromatic rings. The van der Waals surface area contributed by atoms with Gasteiger partial charge in [-0.1, -0.05) is 40.0 Å². The molecule has 0 heterocycles. The number of carbonyl (C=O) groups excluding carboxylic acids is 1. The molecule has 3 nitrogen and oxygen atoms in total. The molecule has 0 bridgehead atoms. The lowest BCUT2D eigenvalue weighted by Gasteiger charge is -2.23. The fraction of sp³-hybridized carbons (Fsp3) is 0.933. The molecule has 0 aliphatic rings. The fourth-order valence-corrected chi connectivity index (χ4v) is 1.77. The first-order valence-corrected chi connectivity index (χ1v) is 7.28. The van der Waals surface area contributed by atoms with Crippen molar-refractivity contribution in [1.82, 2.24) is 5.32 Å². The number of hydrogen-bond acceptors (Lipinski definition) is 2. The summed E-state index contributed by atoms with van der Waals surface area (Å²) < 4.78 is 5.27. The minimum absolute atomic E-state index is 0.240. The van der Waals surface area contributed by atoms with Crippen LogP contribution in [0.5, 0.6) is 0 Å². The van der Waals surface area contributed by atoms with E-state index in [4.69, 9.17) is 4.74 Å². The summed E-state index contributed by atoms with van der Waals surface area (Å²) in [5, 5.41) is 2.95. The highest BCUT2D eigenvalue weighted by molar-refractivity contribution is 5.68. The molecule has 0 aliphatic heterocycles. The number of ether oxygens (including phenoxy) is 1. The van der Waals surface area contributed by atoms with Gasteiger partial charge in [0.15, 0.2) is 0 Å². The van der Waals surface area contributed by atoms with Gasteiger partial charge in [0.2, 0.25) is 0 Å². The predicted octanol–water partition coefficient (Wildman–Crippen LogP) is 4.51. The van der Waals surface area contributed by atoms with Gasteiger partial charge in [-0.15, -0.1) is 0 Å². The number of alkyl carbamates (subject to hydrolysis) is 1. The van der Waals surface area contributed by atoms with Crippen LogP contribution in [0.3, 0.4) is 0 Å². The molecule has 1 amide bonds. The summed E-state index contributed by atoms with van der Waals surface area (Å²) in [5.41, 5.74) is -0.418. The van der Waals surface area contributed by atoms with Gasteiger partial charge in [0.1, 0.15) is 5.60 Å². The van der Waals surface area contributed by atoms with Gasteiger partial charge in [-0.25, -0.2) is 4.79 Å². The first-order valence-electron chi connectivity index (χ1n) is 7.28. The molecule has 0 fully saturated rings. The van der Waals surface area contributed by atoms with Crippen molar-refractivity contribution in [3.05, 3.63) is 0 Å². The normalized spacial score (nSPS) is 15.0. The van der Waals surface area contributed by atoms with Gasteiger partial charge in [-0.05, 0) is 39.5 Å². The van der Waals surface area contributed by atoms with E-state index in [1.807, 2.05) is 20.8 Å². The number of hydrogen-bond donors (Lipinski definition) is 1. The van der Waals surface area contributed by atoms with Crippen molar-refractivity contribution in [2.24, 2.45) is 5.92 Å². The van der Waals surface area contributed by atoms with Gasteiger partial charge >= 0.3 is 6.09 Å². The summed E-state index contributed by atoms with van der Waals surface area (Å²) in [4.78, 5) is 11.6. The molecule has 2 atom stereocenters. The molecule has 18 heavy (non-hydrogen) atoms. The fourth-order valence-electron chi connectivity index (χ4n) is 1.77. The highest BCUT2D eigenvalue weighted by Crippen LogP contribution is 2.14. The lowest BCUT2D eigenvalue weighted by molar-refractivity contribution is 0.0499. The van der Waals surface area contributed by atoms with Crippen molar-refractivity contribution in [2.75, 3.05) is 0 Å². The SMILES string of the molecule is CCC(C)CCCC(CC)NC(=O)OC(C)(C)C. The van der Waals surface area contributed by atoms with Crippen molar-refractivity contribution < 1.29 is 9.53 Å². The zero-order chi connectivity index (χ0) is 14.2. The first-order chi connectivity index (χ1) is 8.28. The third-order valence-electron chi connectivity index (χ3n) is 3.16. The minimum atomic E-state index is -0.418. The highest BCUT2D eigenvalue weighted by Gasteiger charge is 2.18. The lowest BCUT2D eigenvalue weighted by Crippen LogP contribution is -2.38. The molecule has 3 heteroatoms. The van der Waals surface area contributed by atoms with Crippen molar-refractivity contribution in [2.45, 2.75) is 85.3 Å². The zero-order valence-corrected chi connectivity index (χ0v) is 13.0. The Bertz CT molecular complexity index is 233. The minimum Gasteiger partial charge on any atom is -0.444 e. The van der Waals surface area contributed by atoms with Gasteiger partial charge in [0, 0.05) is 6.04 Å². The second kappa shape index (κ2) is 8.39. The third-order valence-corrected chi connectivity index (χ3v) is 3.16. The number of rotatable bonds is 7. The molecule has 0 aliphatic carbocycles. The number of nitrogens with one attached hydrogen (secondary N) is 1. The molecule has 0 aromatic carbocycles. The van der Waals surface area contributed by atoms with Crippen LogP contribution in [0, 0.1) is 5.92 Å². The van der Waals surface area contributed by atoms with E-state index in [1.54, 1.807) is 0 Å². The summed E-state index contributed by atoms with van der Waals surface area (Å²) >= 11 is 0. The molecule has 0 radical (unpaired) electrons. The van der Waals surface area contributed by atoms with E-state index >= 15 is 0 Å². The van der Waals surface area contributed by atoms with Gasteiger partial charge in [0.25, 0.3) is 0 Å². The van der Waals surface area contributed by atoms with Crippen molar-refractivity contribution in [3.8, 4) is 0 Å². The van der Waals surface area contributed by atoms with E-state index in [-0.39, 0.29) is 12.1 Å². The second-order valence-electron chi connectivity index (χ2n) is 6.20. The van der Waals surface area contributed by atoms with Crippen LogP contribution in [-0.2, 0) is 4.74 Å². The van der Waals surface area contributed by atoms with Crippen LogP contribution in [0.15, 0.2) is 0 Å². The van der Waals surface area contributed by atoms with E-state index in [9.17, 15) is 4.79 Å². The Kier molecular flexibility index (Phi) is 8.05. The highest BCUT2D eigenvalue weighted by atomic mass is 16.6. The molecule has 0 saturated heterocycles. The molecule has 108 valence electrons. The molecule has 0 aromatic heterocycles. The van der Waals surface area contributed by atoms with E-state index in [2.05, 4.69) is 26.1 Å². The van der Waals surface area contributed by atoms with Gasteiger partial charge in [0.05, 0.1) is 0 Å². The summed E-state index contributed by atoms with van der Waals surface area (Å²) in [6, 6.07) is 0.240. The molecular formula is C15H31NO2. The lowest BCUT2D eigenvalue weighted by atomic mass is 9.99. The van der Waals surface area contributed by atoms with E-state index in [0.29, 0.717) is 0 Å². The van der Waals surface area contributed by atoms with Crippen LogP contribution in [-0.4, -0.2) is 17.7 Å². The first kappa shape index (κ1) is 17.3. The Hall–Kier alpha value is -0.730. The largest absolute Gasteiger partial charge is 0.444 e. The summed E-state index contributed by atoms with van der Waals surface area (Å²) in [6.45, 7) is 12.3. The smallest absolute Gasteiger partial charge is 0.407 e. The summed E-state index contributed by atoms with van der Waals surface area (Å²) in [6.07, 6.45) is 5.35. The van der Waals surface area contributed by atoms with Gasteiger partial charge < -0.3 is 10.1 Å². The summed E-state index contributed by atoms with van der Waals surface area (Å²) in [5.74, 6) is 0.782. The van der Waals surface area contributed by atoms with Crippen LogP contribution in [0.25, 0.3) is 0 Å². The van der Waals surface area contributed by atoms with Crippen LogP contribution in [0.1, 0.15) is 73.6 Å². The number of amides is 1. The Balaban J connectivity index is 3.93. The zero-order valence-electron chi connectivity index (χ0n) is 13.0. The molecule has 2 unspecified atom stereocenters. The van der Waals surface area contributed by atoms with Gasteiger partial charge in [-0.3, -0.25) is 0 Å². The maximum atomic E-state index is 11.6. The van der Waals surface area contributed by atoms with Crippen LogP contribution < -0.4 is 5.32 Å². The Morgan fingerprint density at radius 3 is 2.22 bits per heavy atom. The molecule has 0 rings (SSSR count).